The fourth-order valence-corrected chi connectivity index (χ4v) is 21.0. The standard InChI is InChI=1S/C37H33N.C33H39N.C32H29N.C9H13N/c1-24-14-16-25(17-15-24)38(26-18-20-30-28-10-6-8-12-32(28)36(2,3)34(30)22-26)27-19-21-31-29-11-7-9-13-33(29)37(4,5)35(31)23-27;1-4-6-19-33(20-7-5-2)29-13-9-8-11-25(29)26-17-16-24(22-30(26)33)34-31-14-10-12-27(31)28-21-23(3)15-18-32(28)34;1-23-15-20-32-30(21-23)28-13-8-14-31(28)33(32)27-18-16-24(17-19-27)22-29(25-9-4-2-5-10-25)26-11-6-3-7-12-26;1-8-4-6-9(7-5-8)10(2)3/h6-23H,1-5H3;8-9,11,13,15-18,21-22,27,31H,4-7,10,12,14,19-20H2,1-3H3;2-7,9-12,15-22,28,31H,8,13-14H2,1H3;4-7H,1-3H3. The molecule has 4 heteroatoms. The maximum atomic E-state index is 2.72. The highest BCUT2D eigenvalue weighted by molar-refractivity contribution is 5.93. The van der Waals surface area contributed by atoms with E-state index in [0.717, 1.165) is 0 Å². The molecule has 578 valence electrons. The van der Waals surface area contributed by atoms with Crippen molar-refractivity contribution in [1.82, 2.24) is 0 Å². The predicted molar refractivity (Wildman–Crippen MR) is 492 cm³/mol. The topological polar surface area (TPSA) is 13.0 Å². The third-order valence-electron chi connectivity index (χ3n) is 26.9. The van der Waals surface area contributed by atoms with Crippen molar-refractivity contribution in [3.8, 4) is 33.4 Å². The summed E-state index contributed by atoms with van der Waals surface area (Å²) in [6, 6.07) is 112. The number of hydrogen-bond acceptors (Lipinski definition) is 4. The third kappa shape index (κ3) is 14.2. The number of anilines is 8. The van der Waals surface area contributed by atoms with Crippen LogP contribution in [0.2, 0.25) is 0 Å². The Balaban J connectivity index is 0.000000117. The Bertz CT molecular complexity index is 5550. The Morgan fingerprint density at radius 1 is 0.357 bits per heavy atom. The van der Waals surface area contributed by atoms with Crippen LogP contribution in [-0.4, -0.2) is 26.2 Å². The van der Waals surface area contributed by atoms with Gasteiger partial charge in [-0.2, -0.15) is 0 Å². The predicted octanol–water partition coefficient (Wildman–Crippen LogP) is 29.9. The first-order chi connectivity index (χ1) is 55.9. The number of hydrogen-bond donors (Lipinski definition) is 0. The van der Waals surface area contributed by atoms with E-state index in [1.54, 1.807) is 22.3 Å². The molecule has 2 fully saturated rings. The van der Waals surface area contributed by atoms with Gasteiger partial charge in [0.2, 0.25) is 0 Å². The Labute approximate surface area is 686 Å². The van der Waals surface area contributed by atoms with E-state index >= 15 is 0 Å². The zero-order valence-electron chi connectivity index (χ0n) is 70.0. The molecule has 0 radical (unpaired) electrons. The molecule has 7 aliphatic rings. The second kappa shape index (κ2) is 31.9. The molecular weight excluding hydrogens is 1390 g/mol. The van der Waals surface area contributed by atoms with Crippen molar-refractivity contribution in [3.05, 3.63) is 381 Å². The van der Waals surface area contributed by atoms with Crippen molar-refractivity contribution < 1.29 is 0 Å². The lowest BCUT2D eigenvalue weighted by Gasteiger charge is -2.34. The van der Waals surface area contributed by atoms with E-state index in [4.69, 9.17) is 0 Å². The average molecular weight is 1500 g/mol. The van der Waals surface area contributed by atoms with E-state index < -0.39 is 0 Å². The first-order valence-electron chi connectivity index (χ1n) is 43.0. The summed E-state index contributed by atoms with van der Waals surface area (Å²) in [5.74, 6) is 1.38. The lowest BCUT2D eigenvalue weighted by Crippen LogP contribution is -2.28. The maximum absolute atomic E-state index is 2.72. The lowest BCUT2D eigenvalue weighted by molar-refractivity contribution is 0.414. The van der Waals surface area contributed by atoms with Crippen LogP contribution in [0.25, 0.3) is 45.0 Å². The molecule has 2 aliphatic heterocycles. The SMILES string of the molecule is CCCCC1(CCCC)c2ccccc2-c2ccc(N3c4ccc(C)cc4C4CCCC43)cc21.Cc1ccc(N(C)C)cc1.Cc1ccc(N(c2ccc3c(c2)C(C)(C)c2ccccc2-3)c2ccc3c(c2)C(C)(C)c2ccccc2-3)cc1.Cc1ccc2c(c1)C1CCCC1N2c1ccc(C=C(c2ccccc2)c2ccccc2)cc1. The van der Waals surface area contributed by atoms with Crippen LogP contribution < -0.4 is 19.6 Å². The van der Waals surface area contributed by atoms with Gasteiger partial charge in [0.25, 0.3) is 0 Å². The van der Waals surface area contributed by atoms with Crippen LogP contribution in [-0.2, 0) is 16.2 Å². The fraction of sp³-hybridized carbons (Fsp3) is 0.279. The van der Waals surface area contributed by atoms with Crippen molar-refractivity contribution in [2.75, 3.05) is 33.7 Å². The molecule has 0 N–H and O–H groups in total. The molecule has 2 heterocycles. The second-order valence-electron chi connectivity index (χ2n) is 35.2. The quantitative estimate of drug-likeness (QED) is 0.0949. The maximum Gasteiger partial charge on any atom is 0.0465 e. The van der Waals surface area contributed by atoms with Crippen LogP contribution in [0, 0.1) is 27.7 Å². The zero-order chi connectivity index (χ0) is 79.3. The van der Waals surface area contributed by atoms with E-state index in [-0.39, 0.29) is 16.2 Å². The van der Waals surface area contributed by atoms with Crippen LogP contribution in [0.5, 0.6) is 0 Å². The molecule has 4 nitrogen and oxygen atoms in total. The molecule has 4 atom stereocenters. The zero-order valence-corrected chi connectivity index (χ0v) is 70.0. The lowest BCUT2D eigenvalue weighted by atomic mass is 9.71. The Morgan fingerprint density at radius 3 is 1.23 bits per heavy atom. The Kier molecular flexibility index (Phi) is 21.2. The number of aryl methyl sites for hydroxylation is 4. The van der Waals surface area contributed by atoms with Crippen LogP contribution in [0.15, 0.2) is 297 Å². The Morgan fingerprint density at radius 2 is 0.748 bits per heavy atom. The molecule has 0 aromatic heterocycles. The van der Waals surface area contributed by atoms with E-state index in [0.29, 0.717) is 23.9 Å². The minimum atomic E-state index is -0.0392. The van der Waals surface area contributed by atoms with Gasteiger partial charge in [-0.3, -0.25) is 0 Å². The van der Waals surface area contributed by atoms with Gasteiger partial charge in [-0.1, -0.05) is 315 Å². The van der Waals surface area contributed by atoms with E-state index in [1.165, 1.54) is 223 Å². The van der Waals surface area contributed by atoms with Gasteiger partial charge in [-0.05, 0) is 257 Å². The normalized spacial score (nSPS) is 17.6. The summed E-state index contributed by atoms with van der Waals surface area (Å²) in [7, 11) is 4.09. The van der Waals surface area contributed by atoms with E-state index in [1.807, 2.05) is 14.1 Å². The summed E-state index contributed by atoms with van der Waals surface area (Å²) in [5, 5.41) is 0. The monoisotopic (exact) mass is 1500 g/mol. The highest BCUT2D eigenvalue weighted by Gasteiger charge is 2.47. The molecule has 20 rings (SSSR count). The van der Waals surface area contributed by atoms with Gasteiger partial charge in [0, 0.05) is 99.8 Å². The van der Waals surface area contributed by atoms with Crippen molar-refractivity contribution in [2.45, 2.75) is 186 Å². The van der Waals surface area contributed by atoms with Gasteiger partial charge in [-0.15, -0.1) is 0 Å². The van der Waals surface area contributed by atoms with Crippen LogP contribution in [0.1, 0.15) is 214 Å². The number of fused-ring (bicyclic) bond motifs is 15. The first-order valence-corrected chi connectivity index (χ1v) is 43.0. The smallest absolute Gasteiger partial charge is 0.0465 e. The minimum absolute atomic E-state index is 0.0392. The largest absolute Gasteiger partial charge is 0.378 e. The summed E-state index contributed by atoms with van der Waals surface area (Å²) in [6.45, 7) is 22.8. The molecule has 0 bridgehead atoms. The molecule has 115 heavy (non-hydrogen) atoms. The molecule has 2 saturated carbocycles. The van der Waals surface area contributed by atoms with E-state index in [9.17, 15) is 0 Å². The molecule has 0 saturated heterocycles. The summed E-state index contributed by atoms with van der Waals surface area (Å²) < 4.78 is 0. The summed E-state index contributed by atoms with van der Waals surface area (Å²) in [6.07, 6.45) is 17.9. The van der Waals surface area contributed by atoms with E-state index in [2.05, 4.69) is 392 Å². The van der Waals surface area contributed by atoms with Gasteiger partial charge >= 0.3 is 0 Å². The molecule has 0 amide bonds. The molecule has 0 spiro atoms. The molecule has 5 aliphatic carbocycles. The highest BCUT2D eigenvalue weighted by Crippen LogP contribution is 2.60. The van der Waals surface area contributed by atoms with Crippen molar-refractivity contribution in [1.29, 1.82) is 0 Å². The van der Waals surface area contributed by atoms with Gasteiger partial charge in [0.05, 0.1) is 0 Å². The molecule has 13 aromatic rings. The highest BCUT2D eigenvalue weighted by atomic mass is 15.2. The van der Waals surface area contributed by atoms with Crippen molar-refractivity contribution >= 4 is 57.1 Å². The number of rotatable bonds is 15. The van der Waals surface area contributed by atoms with Crippen LogP contribution in [0.4, 0.5) is 45.5 Å². The number of nitrogens with zero attached hydrogens (tertiary/aromatic N) is 4. The Hall–Kier alpha value is -11.2. The molecule has 4 unspecified atom stereocenters. The number of unbranched alkanes of at least 4 members (excludes halogenated alkanes) is 2. The third-order valence-corrected chi connectivity index (χ3v) is 26.9. The molecular formula is C111H114N4. The first kappa shape index (κ1) is 76.4. The molecule has 13 aromatic carbocycles. The summed E-state index contributed by atoms with van der Waals surface area (Å²) in [4.78, 5) is 9.85. The van der Waals surface area contributed by atoms with Crippen LogP contribution in [0.3, 0.4) is 0 Å². The summed E-state index contributed by atoms with van der Waals surface area (Å²) >= 11 is 0. The average Bonchev–Trinajstić information content (AvgIpc) is 1.56. The van der Waals surface area contributed by atoms with Gasteiger partial charge in [-0.25, -0.2) is 0 Å². The van der Waals surface area contributed by atoms with Crippen molar-refractivity contribution in [3.63, 3.8) is 0 Å². The minimum Gasteiger partial charge on any atom is -0.378 e. The van der Waals surface area contributed by atoms with Gasteiger partial charge in [0.1, 0.15) is 0 Å². The summed E-state index contributed by atoms with van der Waals surface area (Å²) in [5.41, 5.74) is 41.1. The van der Waals surface area contributed by atoms with Crippen molar-refractivity contribution in [2.24, 2.45) is 0 Å². The number of benzene rings is 13. The second-order valence-corrected chi connectivity index (χ2v) is 35.2. The van der Waals surface area contributed by atoms with Gasteiger partial charge < -0.3 is 19.6 Å². The van der Waals surface area contributed by atoms with Gasteiger partial charge in [0.15, 0.2) is 0 Å². The fourth-order valence-electron chi connectivity index (χ4n) is 21.0. The van der Waals surface area contributed by atoms with Crippen LogP contribution >= 0.6 is 0 Å².